The lowest BCUT2D eigenvalue weighted by atomic mass is 10.1. The summed E-state index contributed by atoms with van der Waals surface area (Å²) in [5.41, 5.74) is 3.74. The fraction of sp³-hybridized carbons (Fsp3) is 0.320. The number of para-hydroxylation sites is 1. The van der Waals surface area contributed by atoms with Crippen molar-refractivity contribution in [1.82, 2.24) is 14.5 Å². The SMILES string of the molecule is c1ccc2c(c1)c1cnccc1n2Cc1ccc(OCCN2CCCCC2)cc1. The van der Waals surface area contributed by atoms with Gasteiger partial charge in [0, 0.05) is 41.8 Å². The number of fused-ring (bicyclic) bond motifs is 3. The van der Waals surface area contributed by atoms with Crippen molar-refractivity contribution in [3.8, 4) is 5.75 Å². The van der Waals surface area contributed by atoms with Gasteiger partial charge in [0.25, 0.3) is 0 Å². The predicted molar refractivity (Wildman–Crippen MR) is 119 cm³/mol. The molecule has 0 N–H and O–H groups in total. The van der Waals surface area contributed by atoms with Gasteiger partial charge >= 0.3 is 0 Å². The van der Waals surface area contributed by atoms with Gasteiger partial charge in [-0.3, -0.25) is 9.88 Å². The second-order valence-corrected chi connectivity index (χ2v) is 7.89. The van der Waals surface area contributed by atoms with Crippen molar-refractivity contribution in [3.63, 3.8) is 0 Å². The van der Waals surface area contributed by atoms with Gasteiger partial charge in [-0.2, -0.15) is 0 Å². The van der Waals surface area contributed by atoms with E-state index in [0.717, 1.165) is 25.4 Å². The van der Waals surface area contributed by atoms with Crippen LogP contribution in [0.3, 0.4) is 0 Å². The third-order valence-electron chi connectivity index (χ3n) is 5.96. The van der Waals surface area contributed by atoms with Gasteiger partial charge in [-0.1, -0.05) is 36.8 Å². The zero-order valence-corrected chi connectivity index (χ0v) is 16.8. The molecule has 0 amide bonds. The molecule has 0 atom stereocenters. The zero-order valence-electron chi connectivity index (χ0n) is 16.8. The van der Waals surface area contributed by atoms with Gasteiger partial charge in [0.1, 0.15) is 12.4 Å². The molecule has 0 bridgehead atoms. The van der Waals surface area contributed by atoms with Crippen molar-refractivity contribution < 1.29 is 4.74 Å². The third kappa shape index (κ3) is 3.85. The monoisotopic (exact) mass is 385 g/mol. The molecule has 148 valence electrons. The summed E-state index contributed by atoms with van der Waals surface area (Å²) in [5, 5.41) is 2.47. The Bertz CT molecular complexity index is 1040. The summed E-state index contributed by atoms with van der Waals surface area (Å²) >= 11 is 0. The minimum atomic E-state index is 0.763. The number of nitrogens with zero attached hydrogens (tertiary/aromatic N) is 3. The second-order valence-electron chi connectivity index (χ2n) is 7.89. The van der Waals surface area contributed by atoms with E-state index in [1.54, 1.807) is 0 Å². The van der Waals surface area contributed by atoms with Crippen molar-refractivity contribution in [2.24, 2.45) is 0 Å². The number of piperidine rings is 1. The summed E-state index contributed by atoms with van der Waals surface area (Å²) < 4.78 is 8.36. The first-order valence-corrected chi connectivity index (χ1v) is 10.6. The van der Waals surface area contributed by atoms with Crippen LogP contribution in [0.25, 0.3) is 21.8 Å². The molecule has 4 heteroatoms. The Morgan fingerprint density at radius 2 is 1.62 bits per heavy atom. The molecule has 2 aromatic carbocycles. The van der Waals surface area contributed by atoms with Crippen LogP contribution in [0.15, 0.2) is 67.0 Å². The summed E-state index contributed by atoms with van der Waals surface area (Å²) in [6.45, 7) is 5.06. The van der Waals surface area contributed by atoms with Crippen LogP contribution in [-0.4, -0.2) is 40.7 Å². The van der Waals surface area contributed by atoms with Crippen LogP contribution in [0.5, 0.6) is 5.75 Å². The van der Waals surface area contributed by atoms with Crippen LogP contribution in [0, 0.1) is 0 Å². The maximum atomic E-state index is 5.98. The minimum Gasteiger partial charge on any atom is -0.492 e. The lowest BCUT2D eigenvalue weighted by Gasteiger charge is -2.26. The lowest BCUT2D eigenvalue weighted by molar-refractivity contribution is 0.183. The van der Waals surface area contributed by atoms with Crippen molar-refractivity contribution in [2.45, 2.75) is 25.8 Å². The standard InChI is InChI=1S/C25H27N3O/c1-4-14-27(15-5-1)16-17-29-21-10-8-20(9-11-21)19-28-24-7-3-2-6-22(24)23-18-26-13-12-25(23)28/h2-3,6-13,18H,1,4-5,14-17,19H2. The van der Waals surface area contributed by atoms with E-state index in [-0.39, 0.29) is 0 Å². The van der Waals surface area contributed by atoms with Crippen LogP contribution in [0.1, 0.15) is 24.8 Å². The third-order valence-corrected chi connectivity index (χ3v) is 5.96. The molecule has 0 saturated carbocycles. The van der Waals surface area contributed by atoms with E-state index < -0.39 is 0 Å². The number of rotatable bonds is 6. The van der Waals surface area contributed by atoms with Gasteiger partial charge in [-0.15, -0.1) is 0 Å². The molecule has 1 saturated heterocycles. The van der Waals surface area contributed by atoms with E-state index in [0.29, 0.717) is 0 Å². The Hall–Kier alpha value is -2.85. The quantitative estimate of drug-likeness (QED) is 0.462. The molecule has 0 aliphatic carbocycles. The van der Waals surface area contributed by atoms with E-state index in [1.165, 1.54) is 59.7 Å². The van der Waals surface area contributed by atoms with E-state index in [1.807, 2.05) is 12.4 Å². The highest BCUT2D eigenvalue weighted by molar-refractivity contribution is 6.07. The Morgan fingerprint density at radius 3 is 2.48 bits per heavy atom. The molecule has 1 fully saturated rings. The highest BCUT2D eigenvalue weighted by atomic mass is 16.5. The molecular formula is C25H27N3O. The van der Waals surface area contributed by atoms with Gasteiger partial charge in [0.15, 0.2) is 0 Å². The van der Waals surface area contributed by atoms with Crippen LogP contribution in [-0.2, 0) is 6.54 Å². The number of pyridine rings is 1. The Balaban J connectivity index is 1.30. The van der Waals surface area contributed by atoms with Gasteiger partial charge in [0.05, 0.1) is 5.52 Å². The van der Waals surface area contributed by atoms with Crippen molar-refractivity contribution >= 4 is 21.8 Å². The second kappa shape index (κ2) is 8.26. The lowest BCUT2D eigenvalue weighted by Crippen LogP contribution is -2.33. The molecule has 1 aliphatic rings. The van der Waals surface area contributed by atoms with Crippen LogP contribution >= 0.6 is 0 Å². The van der Waals surface area contributed by atoms with Crippen LogP contribution in [0.4, 0.5) is 0 Å². The molecule has 1 aliphatic heterocycles. The molecule has 2 aromatic heterocycles. The average molecular weight is 386 g/mol. The molecule has 0 unspecified atom stereocenters. The van der Waals surface area contributed by atoms with E-state index in [4.69, 9.17) is 4.74 Å². The number of benzene rings is 2. The van der Waals surface area contributed by atoms with Gasteiger partial charge in [-0.25, -0.2) is 0 Å². The molecule has 4 nitrogen and oxygen atoms in total. The Labute approximate surface area is 171 Å². The summed E-state index contributed by atoms with van der Waals surface area (Å²) in [7, 11) is 0. The van der Waals surface area contributed by atoms with Crippen molar-refractivity contribution in [2.75, 3.05) is 26.2 Å². The molecule has 4 aromatic rings. The van der Waals surface area contributed by atoms with Gasteiger partial charge < -0.3 is 9.30 Å². The summed E-state index contributed by atoms with van der Waals surface area (Å²) in [6.07, 6.45) is 7.87. The highest BCUT2D eigenvalue weighted by Crippen LogP contribution is 2.29. The molecule has 0 radical (unpaired) electrons. The first-order chi connectivity index (χ1) is 14.4. The molecular weight excluding hydrogens is 358 g/mol. The van der Waals surface area contributed by atoms with Crippen molar-refractivity contribution in [1.29, 1.82) is 0 Å². The fourth-order valence-electron chi connectivity index (χ4n) is 4.42. The van der Waals surface area contributed by atoms with E-state index in [2.05, 4.69) is 69.0 Å². The van der Waals surface area contributed by atoms with E-state index >= 15 is 0 Å². The van der Waals surface area contributed by atoms with Crippen molar-refractivity contribution in [3.05, 3.63) is 72.6 Å². The molecule has 0 spiro atoms. The molecule has 3 heterocycles. The van der Waals surface area contributed by atoms with Gasteiger partial charge in [-0.05, 0) is 55.8 Å². The maximum absolute atomic E-state index is 5.98. The van der Waals surface area contributed by atoms with Crippen LogP contribution < -0.4 is 4.74 Å². The van der Waals surface area contributed by atoms with Gasteiger partial charge in [0.2, 0.25) is 0 Å². The predicted octanol–water partition coefficient (Wildman–Crippen LogP) is 5.10. The first kappa shape index (κ1) is 18.2. The maximum Gasteiger partial charge on any atom is 0.119 e. The smallest absolute Gasteiger partial charge is 0.119 e. The largest absolute Gasteiger partial charge is 0.492 e. The normalized spacial score (nSPS) is 15.2. The zero-order chi connectivity index (χ0) is 19.5. The Morgan fingerprint density at radius 1 is 0.828 bits per heavy atom. The number of aromatic nitrogens is 2. The number of hydrogen-bond donors (Lipinski definition) is 0. The number of hydrogen-bond acceptors (Lipinski definition) is 3. The fourth-order valence-corrected chi connectivity index (χ4v) is 4.42. The topological polar surface area (TPSA) is 30.3 Å². The summed E-state index contributed by atoms with van der Waals surface area (Å²) in [5.74, 6) is 0.956. The highest BCUT2D eigenvalue weighted by Gasteiger charge is 2.11. The summed E-state index contributed by atoms with van der Waals surface area (Å²) in [4.78, 5) is 6.83. The number of ether oxygens (including phenoxy) is 1. The van der Waals surface area contributed by atoms with Crippen LogP contribution in [0.2, 0.25) is 0 Å². The minimum absolute atomic E-state index is 0.763. The first-order valence-electron chi connectivity index (χ1n) is 10.6. The molecule has 29 heavy (non-hydrogen) atoms. The Kier molecular flexibility index (Phi) is 5.18. The summed E-state index contributed by atoms with van der Waals surface area (Å²) in [6, 6.07) is 19.2. The molecule has 5 rings (SSSR count). The average Bonchev–Trinajstić information content (AvgIpc) is 3.10. The van der Waals surface area contributed by atoms with E-state index in [9.17, 15) is 0 Å². The number of likely N-dealkylation sites (tertiary alicyclic amines) is 1.